The Labute approximate surface area is 107 Å². The first-order chi connectivity index (χ1) is 7.00. The predicted octanol–water partition coefficient (Wildman–Crippen LogP) is -0.400. The van der Waals surface area contributed by atoms with E-state index < -0.39 is 0 Å². The van der Waals surface area contributed by atoms with Crippen LogP contribution in [0.2, 0.25) is 0 Å². The molecule has 0 radical (unpaired) electrons. The van der Waals surface area contributed by atoms with E-state index in [4.69, 9.17) is 15.3 Å². The van der Waals surface area contributed by atoms with Crippen LogP contribution in [0, 0.1) is 0 Å². The molecule has 0 fully saturated rings. The summed E-state index contributed by atoms with van der Waals surface area (Å²) in [6.07, 6.45) is 14.0. The van der Waals surface area contributed by atoms with E-state index in [9.17, 15) is 0 Å². The number of rotatable bonds is 0. The Bertz CT molecular complexity index is 100. The Hall–Kier alpha value is 0.00935. The molecule has 0 atom stereocenters. The van der Waals surface area contributed by atoms with Crippen molar-refractivity contribution < 1.29 is 35.4 Å². The van der Waals surface area contributed by atoms with E-state index in [2.05, 4.69) is 24.3 Å². The Balaban J connectivity index is -0.0000000755. The zero-order valence-electron chi connectivity index (χ0n) is 9.70. The molecule has 0 saturated carbocycles. The summed E-state index contributed by atoms with van der Waals surface area (Å²) >= 11 is 0. The topological polar surface area (TPSA) is 69.2 Å². The molecule has 3 nitrogen and oxygen atoms in total. The van der Waals surface area contributed by atoms with Crippen molar-refractivity contribution >= 4 is 0 Å². The predicted molar refractivity (Wildman–Crippen MR) is 54.5 cm³/mol. The molecule has 4 heteroatoms. The van der Waals surface area contributed by atoms with Crippen LogP contribution in [0.3, 0.4) is 0 Å². The monoisotopic (exact) mass is 394 g/mol. The summed E-state index contributed by atoms with van der Waals surface area (Å²) in [5.74, 6) is 0. The van der Waals surface area contributed by atoms with Gasteiger partial charge in [-0.05, 0) is 25.7 Å². The van der Waals surface area contributed by atoms with Crippen molar-refractivity contribution in [3.63, 3.8) is 0 Å². The van der Waals surface area contributed by atoms with E-state index in [0.717, 1.165) is 21.3 Å². The Kier molecular flexibility index (Phi) is 59.9. The average molecular weight is 394 g/mol. The van der Waals surface area contributed by atoms with Crippen molar-refractivity contribution in [2.75, 3.05) is 21.3 Å². The zero-order valence-corrected chi connectivity index (χ0v) is 12.1. The third-order valence-corrected chi connectivity index (χ3v) is 1.37. The van der Waals surface area contributed by atoms with Crippen LogP contribution >= 0.6 is 0 Å². The Morgan fingerprint density at radius 3 is 1.20 bits per heavy atom. The van der Waals surface area contributed by atoms with Gasteiger partial charge < -0.3 is 15.3 Å². The molecule has 0 aromatic carbocycles. The first-order valence-electron chi connectivity index (χ1n) is 4.54. The van der Waals surface area contributed by atoms with Crippen molar-refractivity contribution in [2.24, 2.45) is 0 Å². The third-order valence-electron chi connectivity index (χ3n) is 1.37. The molecule has 0 aromatic rings. The second-order valence-corrected chi connectivity index (χ2v) is 2.14. The molecule has 0 N–H and O–H groups in total. The molecule has 0 aromatic heterocycles. The fraction of sp³-hybridized carbons (Fsp3) is 0.636. The fourth-order valence-electron chi connectivity index (χ4n) is 0.874. The van der Waals surface area contributed by atoms with Gasteiger partial charge in [-0.3, -0.25) is 0 Å². The summed E-state index contributed by atoms with van der Waals surface area (Å²) in [6, 6.07) is 0. The SMILES string of the molecule is C1=CCCCCC=C1.C[O-].C[O-].C[O-].[Ir+3]. The second kappa shape index (κ2) is 37.0. The van der Waals surface area contributed by atoms with Crippen LogP contribution in [-0.2, 0) is 20.1 Å². The van der Waals surface area contributed by atoms with Crippen LogP contribution in [0.4, 0.5) is 0 Å². The number of hydrogen-bond acceptors (Lipinski definition) is 3. The molecule has 0 bridgehead atoms. The molecule has 0 saturated heterocycles. The number of hydrogen-bond donors (Lipinski definition) is 0. The van der Waals surface area contributed by atoms with E-state index >= 15 is 0 Å². The molecular weight excluding hydrogens is 372 g/mol. The van der Waals surface area contributed by atoms with Gasteiger partial charge in [-0.1, -0.05) is 24.3 Å². The molecule has 15 heavy (non-hydrogen) atoms. The summed E-state index contributed by atoms with van der Waals surface area (Å²) in [7, 11) is 2.25. The van der Waals surface area contributed by atoms with Crippen LogP contribution < -0.4 is 15.3 Å². The maximum Gasteiger partial charge on any atom is 3.00 e. The van der Waals surface area contributed by atoms with Gasteiger partial charge >= 0.3 is 20.1 Å². The molecule has 0 spiro atoms. The summed E-state index contributed by atoms with van der Waals surface area (Å²) in [4.78, 5) is 0. The summed E-state index contributed by atoms with van der Waals surface area (Å²) in [5, 5.41) is 24.8. The minimum absolute atomic E-state index is 0. The van der Waals surface area contributed by atoms with Gasteiger partial charge in [-0.2, -0.15) is 21.3 Å². The van der Waals surface area contributed by atoms with Crippen LogP contribution in [-0.4, -0.2) is 21.3 Å². The molecule has 0 aliphatic heterocycles. The molecule has 1 rings (SSSR count). The fourth-order valence-corrected chi connectivity index (χ4v) is 0.874. The van der Waals surface area contributed by atoms with Gasteiger partial charge in [-0.25, -0.2) is 0 Å². The smallest absolute Gasteiger partial charge is 0.857 e. The van der Waals surface area contributed by atoms with Crippen LogP contribution in [0.5, 0.6) is 0 Å². The quantitative estimate of drug-likeness (QED) is 0.562. The summed E-state index contributed by atoms with van der Waals surface area (Å²) in [5.41, 5.74) is 0. The van der Waals surface area contributed by atoms with Crippen molar-refractivity contribution in [3.8, 4) is 0 Å². The van der Waals surface area contributed by atoms with E-state index in [1.54, 1.807) is 0 Å². The van der Waals surface area contributed by atoms with Crippen molar-refractivity contribution in [2.45, 2.75) is 25.7 Å². The first-order valence-corrected chi connectivity index (χ1v) is 4.54. The second-order valence-electron chi connectivity index (χ2n) is 2.14. The minimum Gasteiger partial charge on any atom is -0.857 e. The Morgan fingerprint density at radius 1 is 0.667 bits per heavy atom. The average Bonchev–Trinajstić information content (AvgIpc) is 2.26. The summed E-state index contributed by atoms with van der Waals surface area (Å²) in [6.45, 7) is 0. The maximum atomic E-state index is 8.25. The van der Waals surface area contributed by atoms with Crippen LogP contribution in [0.1, 0.15) is 25.7 Å². The Morgan fingerprint density at radius 2 is 0.933 bits per heavy atom. The van der Waals surface area contributed by atoms with Gasteiger partial charge in [0.15, 0.2) is 0 Å². The van der Waals surface area contributed by atoms with Gasteiger partial charge in [0.1, 0.15) is 0 Å². The zero-order chi connectivity index (χ0) is 11.7. The van der Waals surface area contributed by atoms with Crippen molar-refractivity contribution in [1.29, 1.82) is 0 Å². The molecule has 1 aliphatic rings. The first kappa shape index (κ1) is 24.3. The van der Waals surface area contributed by atoms with E-state index in [1.807, 2.05) is 0 Å². The normalized spacial score (nSPS) is 11.9. The largest absolute Gasteiger partial charge is 3.00 e. The molecular formula is C11H21IrO3. The van der Waals surface area contributed by atoms with E-state index in [0.29, 0.717) is 0 Å². The van der Waals surface area contributed by atoms with Gasteiger partial charge in [0.25, 0.3) is 0 Å². The third kappa shape index (κ3) is 31.5. The molecule has 1 aliphatic carbocycles. The van der Waals surface area contributed by atoms with Crippen LogP contribution in [0.15, 0.2) is 24.3 Å². The van der Waals surface area contributed by atoms with E-state index in [1.165, 1.54) is 25.7 Å². The molecule has 0 unspecified atom stereocenters. The van der Waals surface area contributed by atoms with E-state index in [-0.39, 0.29) is 20.1 Å². The molecule has 0 heterocycles. The van der Waals surface area contributed by atoms with Gasteiger partial charge in [0.05, 0.1) is 0 Å². The van der Waals surface area contributed by atoms with Crippen LogP contribution in [0.25, 0.3) is 0 Å². The van der Waals surface area contributed by atoms with Gasteiger partial charge in [0.2, 0.25) is 0 Å². The van der Waals surface area contributed by atoms with Crippen molar-refractivity contribution in [3.05, 3.63) is 24.3 Å². The van der Waals surface area contributed by atoms with Crippen molar-refractivity contribution in [1.82, 2.24) is 0 Å². The molecule has 0 amide bonds. The number of allylic oxidation sites excluding steroid dienone is 4. The standard InChI is InChI=1S/C8H12.3CH3O.Ir/c1-2-4-6-8-7-5-3-1;3*1-2;/h1-4H,5-8H2;3*1H3;/q;3*-1;+3. The summed E-state index contributed by atoms with van der Waals surface area (Å²) < 4.78 is 0. The maximum absolute atomic E-state index is 8.25. The molecule has 92 valence electrons. The van der Waals surface area contributed by atoms with Gasteiger partial charge in [0, 0.05) is 0 Å². The minimum atomic E-state index is 0. The van der Waals surface area contributed by atoms with Gasteiger partial charge in [-0.15, -0.1) is 0 Å².